The van der Waals surface area contributed by atoms with Crippen molar-refractivity contribution in [2.24, 2.45) is 29.6 Å². The first-order valence-corrected chi connectivity index (χ1v) is 20.7. The molecule has 3 N–H and O–H groups in total. The maximum absolute atomic E-state index is 12.7. The summed E-state index contributed by atoms with van der Waals surface area (Å²) in [5.41, 5.74) is 2.37. The molecule has 310 valence electrons. The van der Waals surface area contributed by atoms with Crippen molar-refractivity contribution in [1.82, 2.24) is 10.2 Å². The SMILES string of the molecule is CCOC(=O)[C@H](CCc1ccccc1)N[C@@H](C)C(=O)N1CCC[C@H]1C(=O)O.CC[C@H](C)C(=O)O[C@H]1C[C@@H](C)C=C2C=C[C@H](C)[C@H](CC[C@@H]3C[C@@H](O)CC(=O)O3)[C@H]21. The molecular formula is C44H64N2O10. The first-order valence-electron chi connectivity index (χ1n) is 20.7. The zero-order chi connectivity index (χ0) is 40.9. The van der Waals surface area contributed by atoms with Gasteiger partial charge in [-0.3, -0.25) is 24.5 Å². The van der Waals surface area contributed by atoms with E-state index in [0.29, 0.717) is 56.4 Å². The summed E-state index contributed by atoms with van der Waals surface area (Å²) in [6, 6.07) is 7.69. The van der Waals surface area contributed by atoms with Crippen molar-refractivity contribution in [1.29, 1.82) is 0 Å². The number of carboxylic acid groups (broad SMARTS) is 1. The van der Waals surface area contributed by atoms with E-state index in [4.69, 9.17) is 14.2 Å². The topological polar surface area (TPSA) is 169 Å². The maximum Gasteiger partial charge on any atom is 0.326 e. The molecule has 1 amide bonds. The molecule has 12 nitrogen and oxygen atoms in total. The minimum atomic E-state index is -0.987. The molecule has 2 heterocycles. The van der Waals surface area contributed by atoms with Crippen LogP contribution in [0.15, 0.2) is 54.1 Å². The van der Waals surface area contributed by atoms with Crippen LogP contribution >= 0.6 is 0 Å². The fourth-order valence-corrected chi connectivity index (χ4v) is 8.45. The van der Waals surface area contributed by atoms with Crippen LogP contribution in [0, 0.1) is 29.6 Å². The number of ether oxygens (including phenoxy) is 3. The Hall–Kier alpha value is -4.03. The number of benzene rings is 1. The fourth-order valence-electron chi connectivity index (χ4n) is 8.45. The number of aliphatic carboxylic acids is 1. The van der Waals surface area contributed by atoms with Crippen molar-refractivity contribution in [3.63, 3.8) is 0 Å². The molecule has 0 saturated carbocycles. The van der Waals surface area contributed by atoms with E-state index in [1.54, 1.807) is 13.8 Å². The predicted molar refractivity (Wildman–Crippen MR) is 211 cm³/mol. The number of carboxylic acids is 1. The number of carbonyl (C=O) groups excluding carboxylic acids is 4. The van der Waals surface area contributed by atoms with Gasteiger partial charge in [0.1, 0.15) is 24.3 Å². The molecule has 11 atom stereocenters. The van der Waals surface area contributed by atoms with E-state index in [1.165, 1.54) is 10.5 Å². The summed E-state index contributed by atoms with van der Waals surface area (Å²) >= 11 is 0. The summed E-state index contributed by atoms with van der Waals surface area (Å²) in [5.74, 6) is -0.928. The maximum atomic E-state index is 12.7. The second kappa shape index (κ2) is 21.5. The second-order valence-electron chi connectivity index (χ2n) is 16.1. The lowest BCUT2D eigenvalue weighted by Gasteiger charge is -2.43. The van der Waals surface area contributed by atoms with Gasteiger partial charge in [-0.15, -0.1) is 0 Å². The number of hydrogen-bond acceptors (Lipinski definition) is 10. The number of nitrogens with zero attached hydrogens (tertiary/aromatic N) is 1. The molecule has 56 heavy (non-hydrogen) atoms. The van der Waals surface area contributed by atoms with Crippen molar-refractivity contribution in [2.75, 3.05) is 13.2 Å². The lowest BCUT2D eigenvalue weighted by Crippen LogP contribution is -2.53. The number of aliphatic hydroxyl groups excluding tert-OH is 1. The number of esters is 3. The van der Waals surface area contributed by atoms with E-state index in [0.717, 1.165) is 31.2 Å². The molecular weight excluding hydrogens is 716 g/mol. The van der Waals surface area contributed by atoms with Crippen LogP contribution in [0.2, 0.25) is 0 Å². The van der Waals surface area contributed by atoms with Crippen LogP contribution in [-0.4, -0.2) is 94.5 Å². The van der Waals surface area contributed by atoms with E-state index in [1.807, 2.05) is 44.2 Å². The molecule has 1 aromatic rings. The highest BCUT2D eigenvalue weighted by Crippen LogP contribution is 2.45. The van der Waals surface area contributed by atoms with Gasteiger partial charge < -0.3 is 29.3 Å². The van der Waals surface area contributed by atoms with Gasteiger partial charge in [0, 0.05) is 18.9 Å². The van der Waals surface area contributed by atoms with E-state index in [2.05, 4.69) is 37.4 Å². The molecule has 4 aliphatic rings. The third-order valence-electron chi connectivity index (χ3n) is 11.7. The third-order valence-corrected chi connectivity index (χ3v) is 11.7. The monoisotopic (exact) mass is 780 g/mol. The Bertz CT molecular complexity index is 1540. The van der Waals surface area contributed by atoms with Crippen LogP contribution < -0.4 is 5.32 Å². The molecule has 0 bridgehead atoms. The third kappa shape index (κ3) is 12.5. The van der Waals surface area contributed by atoms with Gasteiger partial charge in [0.25, 0.3) is 0 Å². The highest BCUT2D eigenvalue weighted by atomic mass is 16.6. The number of amides is 1. The molecule has 0 radical (unpaired) electrons. The van der Waals surface area contributed by atoms with Crippen molar-refractivity contribution < 1.29 is 48.4 Å². The Balaban J connectivity index is 0.000000249. The average Bonchev–Trinajstić information content (AvgIpc) is 3.66. The van der Waals surface area contributed by atoms with Crippen molar-refractivity contribution in [2.45, 2.75) is 142 Å². The van der Waals surface area contributed by atoms with Gasteiger partial charge in [0.2, 0.25) is 5.91 Å². The molecule has 0 spiro atoms. The zero-order valence-electron chi connectivity index (χ0n) is 34.1. The summed E-state index contributed by atoms with van der Waals surface area (Å²) in [4.78, 5) is 61.9. The smallest absolute Gasteiger partial charge is 0.326 e. The number of rotatable bonds is 15. The standard InChI is InChI=1S/C24H36O5.C20H28N2O5/c1-5-15(3)24(27)29-21-11-14(2)10-17-7-6-16(4)20(23(17)21)9-8-19-12-18(25)13-22(26)28-19;1-3-27-20(26)16(12-11-15-8-5-4-6-9-15)21-14(2)18(23)22-13-7-10-17(22)19(24)25/h6-7,10,14-16,18-21,23,25H,5,8-9,11-13H2,1-4H3;4-6,8-9,14,16-17,21H,3,7,10-13H2,1-2H3,(H,24,25)/t14-,15-,16-,18+,19+,20-,21-,23-;14-,16-,17-/m00/s1. The number of nitrogens with one attached hydrogen (secondary N) is 1. The Morgan fingerprint density at radius 3 is 2.43 bits per heavy atom. The molecule has 0 unspecified atom stereocenters. The Labute approximate surface area is 332 Å². The highest BCUT2D eigenvalue weighted by molar-refractivity contribution is 5.88. The Morgan fingerprint density at radius 2 is 1.77 bits per heavy atom. The number of likely N-dealkylation sites (tertiary alicyclic amines) is 1. The fraction of sp³-hybridized carbons (Fsp3) is 0.659. The number of carbonyl (C=O) groups is 5. The molecule has 2 aliphatic heterocycles. The van der Waals surface area contributed by atoms with Gasteiger partial charge >= 0.3 is 23.9 Å². The van der Waals surface area contributed by atoms with Crippen LogP contribution in [-0.2, 0) is 44.6 Å². The van der Waals surface area contributed by atoms with Crippen LogP contribution in [0.4, 0.5) is 0 Å². The molecule has 1 aromatic carbocycles. The average molecular weight is 781 g/mol. The molecule has 0 aromatic heterocycles. The second-order valence-corrected chi connectivity index (χ2v) is 16.1. The quantitative estimate of drug-likeness (QED) is 0.145. The van der Waals surface area contributed by atoms with E-state index >= 15 is 0 Å². The normalized spacial score (nSPS) is 28.7. The first kappa shape index (κ1) is 44.7. The number of aliphatic hydroxyl groups is 1. The number of allylic oxidation sites excluding steroid dienone is 3. The summed E-state index contributed by atoms with van der Waals surface area (Å²) in [5, 5.41) is 22.2. The minimum absolute atomic E-state index is 0.0854. The first-order chi connectivity index (χ1) is 26.7. The van der Waals surface area contributed by atoms with E-state index in [-0.39, 0.29) is 54.9 Å². The summed E-state index contributed by atoms with van der Waals surface area (Å²) in [6.45, 7) is 12.4. The van der Waals surface area contributed by atoms with E-state index < -0.39 is 36.2 Å². The number of cyclic esters (lactones) is 1. The summed E-state index contributed by atoms with van der Waals surface area (Å²) in [7, 11) is 0. The zero-order valence-corrected chi connectivity index (χ0v) is 34.1. The molecule has 2 fully saturated rings. The van der Waals surface area contributed by atoms with Crippen molar-refractivity contribution in [3.05, 3.63) is 59.7 Å². The predicted octanol–water partition coefficient (Wildman–Crippen LogP) is 5.80. The van der Waals surface area contributed by atoms with Gasteiger partial charge in [-0.2, -0.15) is 0 Å². The molecule has 12 heteroatoms. The largest absolute Gasteiger partial charge is 0.480 e. The molecule has 2 saturated heterocycles. The number of fused-ring (bicyclic) bond motifs is 1. The van der Waals surface area contributed by atoms with Gasteiger partial charge in [0.05, 0.1) is 31.1 Å². The number of aryl methyl sites for hydroxylation is 1. The Kier molecular flexibility index (Phi) is 17.1. The minimum Gasteiger partial charge on any atom is -0.480 e. The lowest BCUT2D eigenvalue weighted by molar-refractivity contribution is -0.162. The van der Waals surface area contributed by atoms with Gasteiger partial charge in [-0.1, -0.05) is 76.3 Å². The Morgan fingerprint density at radius 1 is 1.04 bits per heavy atom. The lowest BCUT2D eigenvalue weighted by atomic mass is 9.65. The van der Waals surface area contributed by atoms with Crippen molar-refractivity contribution >= 4 is 29.8 Å². The summed E-state index contributed by atoms with van der Waals surface area (Å²) in [6.07, 6.45) is 12.0. The van der Waals surface area contributed by atoms with Crippen molar-refractivity contribution in [3.8, 4) is 0 Å². The van der Waals surface area contributed by atoms with Gasteiger partial charge in [0.15, 0.2) is 0 Å². The van der Waals surface area contributed by atoms with Crippen LogP contribution in [0.5, 0.6) is 0 Å². The summed E-state index contributed by atoms with van der Waals surface area (Å²) < 4.78 is 16.6. The van der Waals surface area contributed by atoms with Gasteiger partial charge in [-0.05, 0) is 94.1 Å². The van der Waals surface area contributed by atoms with E-state index in [9.17, 15) is 34.2 Å². The van der Waals surface area contributed by atoms with Crippen LogP contribution in [0.1, 0.15) is 105 Å². The van der Waals surface area contributed by atoms with Gasteiger partial charge in [-0.25, -0.2) is 4.79 Å². The van der Waals surface area contributed by atoms with Crippen LogP contribution in [0.3, 0.4) is 0 Å². The van der Waals surface area contributed by atoms with Crippen LogP contribution in [0.25, 0.3) is 0 Å². The molecule has 5 rings (SSSR count). The number of hydrogen-bond donors (Lipinski definition) is 3. The highest BCUT2D eigenvalue weighted by Gasteiger charge is 2.42. The molecule has 2 aliphatic carbocycles.